The molecule has 9 heteroatoms. The van der Waals surface area contributed by atoms with Crippen LogP contribution in [0.2, 0.25) is 0 Å². The topological polar surface area (TPSA) is 137 Å². The van der Waals surface area contributed by atoms with Gasteiger partial charge in [-0.3, -0.25) is 4.55 Å². The Morgan fingerprint density at radius 3 is 2.21 bits per heavy atom. The van der Waals surface area contributed by atoms with Gasteiger partial charge in [0.05, 0.1) is 0 Å². The van der Waals surface area contributed by atoms with Crippen LogP contribution in [0.4, 0.5) is 11.4 Å². The second kappa shape index (κ2) is 7.26. The summed E-state index contributed by atoms with van der Waals surface area (Å²) in [5.41, 5.74) is 1.35. The Hall–Kier alpha value is -3.30. The number of carboxylic acids is 1. The minimum atomic E-state index is -4.58. The number of aromatic hydroxyl groups is 1. The van der Waals surface area contributed by atoms with E-state index >= 15 is 0 Å². The highest BCUT2D eigenvalue weighted by Crippen LogP contribution is 2.41. The van der Waals surface area contributed by atoms with Gasteiger partial charge in [-0.2, -0.15) is 8.42 Å². The Morgan fingerprint density at radius 1 is 0.966 bits per heavy atom. The fourth-order valence-electron chi connectivity index (χ4n) is 3.03. The fourth-order valence-corrected chi connectivity index (χ4v) is 3.80. The Balaban J connectivity index is 2.32. The molecule has 0 saturated heterocycles. The highest BCUT2D eigenvalue weighted by molar-refractivity contribution is 7.86. The average Bonchev–Trinajstić information content (AvgIpc) is 2.65. The molecule has 0 heterocycles. The van der Waals surface area contributed by atoms with Crippen molar-refractivity contribution in [2.75, 3.05) is 0 Å². The summed E-state index contributed by atoms with van der Waals surface area (Å²) in [6, 6.07) is 9.29. The Kier molecular flexibility index (Phi) is 5.12. The molecule has 0 fully saturated rings. The molecule has 0 unspecified atom stereocenters. The molecule has 3 aromatic rings. The third-order valence-electron chi connectivity index (χ3n) is 4.84. The first kappa shape index (κ1) is 20.4. The molecule has 0 aliphatic heterocycles. The molecule has 0 aliphatic rings. The standard InChI is InChI=1S/C20H18N2O6S/c1-10-8-16(29(26,27)28)17(12(3)11(10)2)21-22-18-14-7-5-4-6-13(14)9-15(19(18)23)20(24)25/h4-9,23H,1-3H3,(H,24,25)(H,26,27,28). The van der Waals surface area contributed by atoms with Gasteiger partial charge in [0.25, 0.3) is 10.1 Å². The van der Waals surface area contributed by atoms with Crippen molar-refractivity contribution in [2.45, 2.75) is 25.7 Å². The van der Waals surface area contributed by atoms with Crippen LogP contribution in [0.1, 0.15) is 27.0 Å². The SMILES string of the molecule is Cc1cc(S(=O)(=O)O)c(N=Nc2c(O)c(C(=O)O)cc3ccccc23)c(C)c1C. The number of carboxylic acid groups (broad SMARTS) is 1. The number of carbonyl (C=O) groups is 1. The number of phenols is 1. The molecule has 3 N–H and O–H groups in total. The predicted octanol–water partition coefficient (Wildman–Crippen LogP) is 4.83. The molecule has 0 radical (unpaired) electrons. The lowest BCUT2D eigenvalue weighted by Gasteiger charge is -2.12. The molecule has 3 rings (SSSR count). The number of fused-ring (bicyclic) bond motifs is 1. The molecule has 0 aromatic heterocycles. The summed E-state index contributed by atoms with van der Waals surface area (Å²) in [4.78, 5) is 11.1. The molecule has 0 aliphatic carbocycles. The molecule has 150 valence electrons. The number of aryl methyl sites for hydroxylation is 1. The van der Waals surface area contributed by atoms with Crippen molar-refractivity contribution in [3.8, 4) is 5.75 Å². The van der Waals surface area contributed by atoms with Crippen LogP contribution in [-0.2, 0) is 10.1 Å². The molecule has 29 heavy (non-hydrogen) atoms. The lowest BCUT2D eigenvalue weighted by atomic mass is 10.0. The maximum absolute atomic E-state index is 11.8. The molecule has 0 spiro atoms. The average molecular weight is 414 g/mol. The van der Waals surface area contributed by atoms with Gasteiger partial charge in [0.1, 0.15) is 21.8 Å². The third kappa shape index (κ3) is 3.69. The van der Waals surface area contributed by atoms with E-state index in [1.165, 1.54) is 12.1 Å². The van der Waals surface area contributed by atoms with Gasteiger partial charge in [0, 0.05) is 5.39 Å². The van der Waals surface area contributed by atoms with Crippen LogP contribution in [0, 0.1) is 20.8 Å². The van der Waals surface area contributed by atoms with Crippen LogP contribution in [0.5, 0.6) is 5.75 Å². The van der Waals surface area contributed by atoms with E-state index in [2.05, 4.69) is 10.2 Å². The van der Waals surface area contributed by atoms with Crippen LogP contribution in [-0.4, -0.2) is 29.2 Å². The van der Waals surface area contributed by atoms with Crippen molar-refractivity contribution < 1.29 is 28.0 Å². The third-order valence-corrected chi connectivity index (χ3v) is 5.71. The molecule has 0 saturated carbocycles. The highest BCUT2D eigenvalue weighted by Gasteiger charge is 2.21. The Morgan fingerprint density at radius 2 is 1.59 bits per heavy atom. The second-order valence-corrected chi connectivity index (χ2v) is 8.00. The van der Waals surface area contributed by atoms with E-state index in [0.29, 0.717) is 21.9 Å². The number of benzene rings is 3. The fraction of sp³-hybridized carbons (Fsp3) is 0.150. The van der Waals surface area contributed by atoms with Crippen molar-refractivity contribution in [2.24, 2.45) is 10.2 Å². The van der Waals surface area contributed by atoms with Crippen molar-refractivity contribution in [1.82, 2.24) is 0 Å². The Labute approximate surface area is 166 Å². The number of azo groups is 1. The molecular formula is C20H18N2O6S. The van der Waals surface area contributed by atoms with E-state index in [-0.39, 0.29) is 16.9 Å². The van der Waals surface area contributed by atoms with Crippen molar-refractivity contribution in [1.29, 1.82) is 0 Å². The van der Waals surface area contributed by atoms with Gasteiger partial charge in [0.2, 0.25) is 0 Å². The largest absolute Gasteiger partial charge is 0.505 e. The zero-order valence-corrected chi connectivity index (χ0v) is 16.6. The summed E-state index contributed by atoms with van der Waals surface area (Å²) in [7, 11) is -4.58. The number of hydrogen-bond donors (Lipinski definition) is 3. The van der Waals surface area contributed by atoms with E-state index in [0.717, 1.165) is 5.56 Å². The van der Waals surface area contributed by atoms with Gasteiger partial charge in [-0.05, 0) is 55.0 Å². The quantitative estimate of drug-likeness (QED) is 0.413. The number of hydrogen-bond acceptors (Lipinski definition) is 6. The van der Waals surface area contributed by atoms with Gasteiger partial charge < -0.3 is 10.2 Å². The maximum Gasteiger partial charge on any atom is 0.339 e. The van der Waals surface area contributed by atoms with Gasteiger partial charge in [-0.25, -0.2) is 4.79 Å². The van der Waals surface area contributed by atoms with Gasteiger partial charge in [-0.1, -0.05) is 24.3 Å². The number of nitrogens with zero attached hydrogens (tertiary/aromatic N) is 2. The van der Waals surface area contributed by atoms with Crippen molar-refractivity contribution >= 4 is 38.2 Å². The molecule has 0 bridgehead atoms. The summed E-state index contributed by atoms with van der Waals surface area (Å²) in [6.45, 7) is 5.11. The van der Waals surface area contributed by atoms with Gasteiger partial charge in [0.15, 0.2) is 5.75 Å². The van der Waals surface area contributed by atoms with Gasteiger partial charge >= 0.3 is 5.97 Å². The summed E-state index contributed by atoms with van der Waals surface area (Å²) in [5.74, 6) is -1.93. The summed E-state index contributed by atoms with van der Waals surface area (Å²) in [6.07, 6.45) is 0. The number of aromatic carboxylic acids is 1. The van der Waals surface area contributed by atoms with Crippen LogP contribution < -0.4 is 0 Å². The molecule has 0 amide bonds. The van der Waals surface area contributed by atoms with Crippen LogP contribution >= 0.6 is 0 Å². The maximum atomic E-state index is 11.8. The van der Waals surface area contributed by atoms with E-state index in [4.69, 9.17) is 0 Å². The molecule has 3 aromatic carbocycles. The Bertz CT molecular complexity index is 1300. The zero-order valence-electron chi connectivity index (χ0n) is 15.8. The van der Waals surface area contributed by atoms with E-state index < -0.39 is 26.7 Å². The number of rotatable bonds is 4. The zero-order chi connectivity index (χ0) is 21.5. The van der Waals surface area contributed by atoms with E-state index in [1.807, 2.05) is 0 Å². The normalized spacial score (nSPS) is 12.0. The van der Waals surface area contributed by atoms with Crippen LogP contribution in [0.15, 0.2) is 51.5 Å². The molecule has 8 nitrogen and oxygen atoms in total. The lowest BCUT2D eigenvalue weighted by Crippen LogP contribution is -2.02. The smallest absolute Gasteiger partial charge is 0.339 e. The summed E-state index contributed by atoms with van der Waals surface area (Å²) in [5, 5.41) is 28.7. The minimum absolute atomic E-state index is 0.0835. The first-order valence-electron chi connectivity index (χ1n) is 8.50. The molecule has 0 atom stereocenters. The minimum Gasteiger partial charge on any atom is -0.505 e. The van der Waals surface area contributed by atoms with Gasteiger partial charge in [-0.15, -0.1) is 10.2 Å². The van der Waals surface area contributed by atoms with E-state index in [1.54, 1.807) is 45.0 Å². The summed E-state index contributed by atoms with van der Waals surface area (Å²) >= 11 is 0. The monoisotopic (exact) mass is 414 g/mol. The van der Waals surface area contributed by atoms with Crippen molar-refractivity contribution in [3.05, 3.63) is 58.7 Å². The van der Waals surface area contributed by atoms with Crippen LogP contribution in [0.3, 0.4) is 0 Å². The van der Waals surface area contributed by atoms with Crippen molar-refractivity contribution in [3.63, 3.8) is 0 Å². The summed E-state index contributed by atoms with van der Waals surface area (Å²) < 4.78 is 33.3. The first-order chi connectivity index (χ1) is 13.5. The second-order valence-electron chi connectivity index (χ2n) is 6.61. The van der Waals surface area contributed by atoms with E-state index in [9.17, 15) is 28.0 Å². The highest BCUT2D eigenvalue weighted by atomic mass is 32.2. The molecular weight excluding hydrogens is 396 g/mol. The first-order valence-corrected chi connectivity index (χ1v) is 9.94. The van der Waals surface area contributed by atoms with Crippen LogP contribution in [0.25, 0.3) is 10.8 Å². The predicted molar refractivity (Wildman–Crippen MR) is 107 cm³/mol. The lowest BCUT2D eigenvalue weighted by molar-refractivity contribution is 0.0694.